The Bertz CT molecular complexity index is 529. The predicted octanol–water partition coefficient (Wildman–Crippen LogP) is 4.13. The van der Waals surface area contributed by atoms with Crippen molar-refractivity contribution in [2.24, 2.45) is 0 Å². The van der Waals surface area contributed by atoms with Gasteiger partial charge in [0.2, 0.25) is 0 Å². The summed E-state index contributed by atoms with van der Waals surface area (Å²) in [4.78, 5) is 0. The third-order valence-corrected chi connectivity index (χ3v) is 5.13. The molecule has 7 heteroatoms. The second kappa shape index (κ2) is 8.69. The Labute approximate surface area is 138 Å². The van der Waals surface area contributed by atoms with Crippen molar-refractivity contribution in [3.63, 3.8) is 0 Å². The van der Waals surface area contributed by atoms with Crippen LogP contribution in [-0.2, 0) is 13.6 Å². The average Bonchev–Trinajstić information content (AvgIpc) is 2.45. The van der Waals surface area contributed by atoms with Gasteiger partial charge in [0.15, 0.2) is 17.3 Å². The van der Waals surface area contributed by atoms with Gasteiger partial charge < -0.3 is 23.6 Å². The van der Waals surface area contributed by atoms with E-state index in [0.29, 0.717) is 23.7 Å². The minimum absolute atomic E-state index is 0.348. The lowest BCUT2D eigenvalue weighted by atomic mass is 10.2. The fraction of sp³-hybridized carbons (Fsp3) is 0.625. The summed E-state index contributed by atoms with van der Waals surface area (Å²) < 4.78 is 34.6. The number of rotatable bonds is 9. The van der Waals surface area contributed by atoms with Crippen molar-refractivity contribution in [3.8, 4) is 11.5 Å². The summed E-state index contributed by atoms with van der Waals surface area (Å²) >= 11 is 0. The topological polar surface area (TPSA) is 74.2 Å². The fourth-order valence-electron chi connectivity index (χ4n) is 2.03. The molecule has 1 rings (SSSR count). The van der Waals surface area contributed by atoms with Gasteiger partial charge in [-0.25, -0.2) is 0 Å². The van der Waals surface area contributed by atoms with Crippen LogP contribution in [0.15, 0.2) is 18.2 Å². The zero-order chi connectivity index (χ0) is 17.6. The Hall–Kier alpha value is -1.07. The molecule has 0 amide bonds. The maximum Gasteiger partial charge on any atom is 0.363 e. The number of hydrogen-bond donors (Lipinski definition) is 1. The van der Waals surface area contributed by atoms with E-state index in [4.69, 9.17) is 18.5 Å². The molecule has 0 radical (unpaired) electrons. The van der Waals surface area contributed by atoms with Crippen molar-refractivity contribution >= 4 is 7.60 Å². The van der Waals surface area contributed by atoms with Crippen LogP contribution in [0.3, 0.4) is 0 Å². The first-order chi connectivity index (χ1) is 10.7. The van der Waals surface area contributed by atoms with E-state index in [1.54, 1.807) is 45.9 Å². The molecule has 0 saturated heterocycles. The van der Waals surface area contributed by atoms with Crippen molar-refractivity contribution in [1.82, 2.24) is 0 Å². The molecule has 6 nitrogen and oxygen atoms in total. The average molecular weight is 346 g/mol. The van der Waals surface area contributed by atoms with Crippen LogP contribution in [-0.4, -0.2) is 31.0 Å². The molecule has 0 aliphatic carbocycles. The molecular weight excluding hydrogens is 319 g/mol. The second-order valence-electron chi connectivity index (χ2n) is 5.57. The van der Waals surface area contributed by atoms with Gasteiger partial charge in [-0.15, -0.1) is 0 Å². The summed E-state index contributed by atoms with van der Waals surface area (Å²) in [5.41, 5.74) is 0.388. The Morgan fingerprint density at radius 2 is 1.65 bits per heavy atom. The van der Waals surface area contributed by atoms with Crippen LogP contribution in [0.2, 0.25) is 0 Å². The van der Waals surface area contributed by atoms with Gasteiger partial charge in [-0.1, -0.05) is 6.07 Å². The van der Waals surface area contributed by atoms with Gasteiger partial charge in [-0.05, 0) is 52.3 Å². The third kappa shape index (κ3) is 5.50. The number of hydrogen-bond acceptors (Lipinski definition) is 6. The zero-order valence-corrected chi connectivity index (χ0v) is 15.5. The molecule has 1 aromatic carbocycles. The molecule has 132 valence electrons. The zero-order valence-electron chi connectivity index (χ0n) is 14.6. The van der Waals surface area contributed by atoms with Crippen LogP contribution in [0.25, 0.3) is 0 Å². The van der Waals surface area contributed by atoms with E-state index >= 15 is 0 Å². The standard InChI is InChI=1S/C16H27O6P/c1-7-20-15-10-13(8-9-14(15)19-6)16(17)23(18,21-11(2)3)22-12(4)5/h8-12,16-17H,7H2,1-6H3. The molecule has 0 bridgehead atoms. The van der Waals surface area contributed by atoms with Crippen LogP contribution in [0.4, 0.5) is 0 Å². The van der Waals surface area contributed by atoms with Crippen LogP contribution in [0.1, 0.15) is 46.0 Å². The molecule has 1 unspecified atom stereocenters. The Kier molecular flexibility index (Phi) is 7.55. The molecule has 0 spiro atoms. The summed E-state index contributed by atoms with van der Waals surface area (Å²) in [6, 6.07) is 4.86. The highest BCUT2D eigenvalue weighted by Gasteiger charge is 2.38. The molecule has 1 N–H and O–H groups in total. The van der Waals surface area contributed by atoms with Crippen LogP contribution in [0, 0.1) is 0 Å². The van der Waals surface area contributed by atoms with Crippen molar-refractivity contribution in [2.45, 2.75) is 52.7 Å². The van der Waals surface area contributed by atoms with Gasteiger partial charge in [0.25, 0.3) is 0 Å². The van der Waals surface area contributed by atoms with E-state index in [-0.39, 0.29) is 12.2 Å². The van der Waals surface area contributed by atoms with Gasteiger partial charge in [0, 0.05) is 0 Å². The van der Waals surface area contributed by atoms with Gasteiger partial charge in [0.05, 0.1) is 25.9 Å². The monoisotopic (exact) mass is 346 g/mol. The van der Waals surface area contributed by atoms with Crippen molar-refractivity contribution < 1.29 is 28.2 Å². The highest BCUT2D eigenvalue weighted by molar-refractivity contribution is 7.54. The quantitative estimate of drug-likeness (QED) is 0.678. The van der Waals surface area contributed by atoms with Crippen molar-refractivity contribution in [3.05, 3.63) is 23.8 Å². The minimum Gasteiger partial charge on any atom is -0.493 e. The maximum absolute atomic E-state index is 13.0. The molecular formula is C16H27O6P. The summed E-state index contributed by atoms with van der Waals surface area (Å²) in [5.74, 6) is -0.406. The van der Waals surface area contributed by atoms with Crippen molar-refractivity contribution in [2.75, 3.05) is 13.7 Å². The molecule has 1 aromatic rings. The molecule has 0 aromatic heterocycles. The molecule has 0 aliphatic rings. The van der Waals surface area contributed by atoms with E-state index in [1.807, 2.05) is 6.92 Å². The van der Waals surface area contributed by atoms with E-state index < -0.39 is 13.4 Å². The Morgan fingerprint density at radius 1 is 1.09 bits per heavy atom. The Balaban J connectivity index is 3.19. The highest BCUT2D eigenvalue weighted by Crippen LogP contribution is 2.61. The Morgan fingerprint density at radius 3 is 2.09 bits per heavy atom. The molecule has 0 saturated carbocycles. The number of benzene rings is 1. The molecule has 0 heterocycles. The fourth-order valence-corrected chi connectivity index (χ4v) is 4.01. The van der Waals surface area contributed by atoms with Gasteiger partial charge in [-0.2, -0.15) is 0 Å². The summed E-state index contributed by atoms with van der Waals surface area (Å²) in [6.45, 7) is 9.24. The number of methoxy groups -OCH3 is 1. The molecule has 1 atom stereocenters. The minimum atomic E-state index is -3.75. The maximum atomic E-state index is 13.0. The lowest BCUT2D eigenvalue weighted by Gasteiger charge is -2.27. The van der Waals surface area contributed by atoms with Crippen LogP contribution < -0.4 is 9.47 Å². The molecule has 23 heavy (non-hydrogen) atoms. The predicted molar refractivity (Wildman–Crippen MR) is 89.2 cm³/mol. The van der Waals surface area contributed by atoms with E-state index in [2.05, 4.69) is 0 Å². The van der Waals surface area contributed by atoms with E-state index in [0.717, 1.165) is 0 Å². The lowest BCUT2D eigenvalue weighted by molar-refractivity contribution is 0.101. The van der Waals surface area contributed by atoms with Gasteiger partial charge >= 0.3 is 7.60 Å². The summed E-state index contributed by atoms with van der Waals surface area (Å²) in [6.07, 6.45) is -0.697. The number of aliphatic hydroxyl groups is 1. The van der Waals surface area contributed by atoms with Gasteiger partial charge in [-0.3, -0.25) is 4.57 Å². The van der Waals surface area contributed by atoms with Crippen molar-refractivity contribution in [1.29, 1.82) is 0 Å². The van der Waals surface area contributed by atoms with Crippen LogP contribution in [0.5, 0.6) is 11.5 Å². The third-order valence-electron chi connectivity index (χ3n) is 2.80. The second-order valence-corrected chi connectivity index (χ2v) is 7.56. The first-order valence-corrected chi connectivity index (χ1v) is 9.30. The number of aliphatic hydroxyl groups excluding tert-OH is 1. The highest BCUT2D eigenvalue weighted by atomic mass is 31.2. The smallest absolute Gasteiger partial charge is 0.363 e. The first-order valence-electron chi connectivity index (χ1n) is 7.68. The van der Waals surface area contributed by atoms with Gasteiger partial charge in [0.1, 0.15) is 0 Å². The summed E-state index contributed by atoms with van der Waals surface area (Å²) in [5, 5.41) is 10.6. The molecule has 0 fully saturated rings. The van der Waals surface area contributed by atoms with Crippen LogP contribution >= 0.6 is 7.60 Å². The largest absolute Gasteiger partial charge is 0.493 e. The SMILES string of the molecule is CCOc1cc(C(O)P(=O)(OC(C)C)OC(C)C)ccc1OC. The number of ether oxygens (including phenoxy) is 2. The van der Waals surface area contributed by atoms with E-state index in [1.165, 1.54) is 7.11 Å². The summed E-state index contributed by atoms with van der Waals surface area (Å²) in [7, 11) is -2.22. The normalized spacial score (nSPS) is 13.4. The lowest BCUT2D eigenvalue weighted by Crippen LogP contribution is -2.13. The van der Waals surface area contributed by atoms with E-state index in [9.17, 15) is 9.67 Å². The first kappa shape index (κ1) is 20.0. The molecule has 0 aliphatic heterocycles.